The van der Waals surface area contributed by atoms with E-state index >= 15 is 0 Å². The largest absolute Gasteiger partial charge is 0.508 e. The van der Waals surface area contributed by atoms with Crippen LogP contribution >= 0.6 is 0 Å². The molecule has 0 bridgehead atoms. The van der Waals surface area contributed by atoms with Gasteiger partial charge in [-0.05, 0) is 48.0 Å². The molecular formula is C23H16N6O7-2. The van der Waals surface area contributed by atoms with Crippen molar-refractivity contribution in [2.45, 2.75) is 0 Å². The summed E-state index contributed by atoms with van der Waals surface area (Å²) in [4.78, 5) is 37.1. The molecule has 36 heavy (non-hydrogen) atoms. The third-order valence-electron chi connectivity index (χ3n) is 4.35. The van der Waals surface area contributed by atoms with Gasteiger partial charge in [0.05, 0.1) is 5.56 Å². The van der Waals surface area contributed by atoms with Crippen LogP contribution in [-0.2, 0) is 4.79 Å². The Morgan fingerprint density at radius 2 is 1.25 bits per heavy atom. The number of nitrogens with zero attached hydrogens (tertiary/aromatic N) is 6. The number of carbonyl (C=O) groups excluding carboxylic acids is 3. The van der Waals surface area contributed by atoms with Crippen molar-refractivity contribution in [2.75, 3.05) is 0 Å². The average molecular weight is 488 g/mol. The summed E-state index contributed by atoms with van der Waals surface area (Å²) in [5.74, 6) is -3.27. The monoisotopic (exact) mass is 488 g/mol. The zero-order valence-electron chi connectivity index (χ0n) is 18.1. The molecule has 4 N–H and O–H groups in total. The molecule has 182 valence electrons. The topological polar surface area (TPSA) is 250 Å². The molecule has 0 saturated heterocycles. The molecule has 1 aliphatic carbocycles. The van der Waals surface area contributed by atoms with Gasteiger partial charge in [0.1, 0.15) is 5.75 Å². The van der Waals surface area contributed by atoms with Gasteiger partial charge in [-0.1, -0.05) is 30.3 Å². The van der Waals surface area contributed by atoms with E-state index < -0.39 is 34.6 Å². The Kier molecular flexibility index (Phi) is 10.8. The molecule has 0 radical (unpaired) electrons. The number of allylic oxidation sites excluding steroid dienone is 1. The Balaban J connectivity index is 0.000000309. The minimum Gasteiger partial charge on any atom is -0.508 e. The van der Waals surface area contributed by atoms with Crippen molar-refractivity contribution in [3.8, 4) is 23.0 Å². The molecule has 0 aliphatic heterocycles. The fraction of sp³-hybridized carbons (Fsp3) is 0. The van der Waals surface area contributed by atoms with E-state index in [2.05, 4.69) is 0 Å². The molecule has 0 saturated carbocycles. The first-order valence-electron chi connectivity index (χ1n) is 9.53. The molecule has 0 heterocycles. The van der Waals surface area contributed by atoms with Crippen molar-refractivity contribution in [2.24, 2.45) is 0 Å². The predicted octanol–water partition coefficient (Wildman–Crippen LogP) is 4.94. The highest BCUT2D eigenvalue weighted by Crippen LogP contribution is 2.37. The highest BCUT2D eigenvalue weighted by Gasteiger charge is 2.20. The maximum atomic E-state index is 12.0. The summed E-state index contributed by atoms with van der Waals surface area (Å²) in [5.41, 5.74) is 28.4. The molecule has 0 fully saturated rings. The number of hydrogen-bond acceptors (Lipinski definition) is 7. The quantitative estimate of drug-likeness (QED) is 0.0964. The highest BCUT2D eigenvalue weighted by atomic mass is 16.3. The first kappa shape index (κ1) is 28.3. The van der Waals surface area contributed by atoms with E-state index in [4.69, 9.17) is 32.3 Å². The van der Waals surface area contributed by atoms with Crippen LogP contribution in [0.2, 0.25) is 0 Å². The maximum Gasteiger partial charge on any atom is 0.233 e. The number of hydrogen-bond donors (Lipinski definition) is 4. The summed E-state index contributed by atoms with van der Waals surface area (Å²) in [6.07, 6.45) is 2.98. The lowest BCUT2D eigenvalue weighted by molar-refractivity contribution is -0.110. The number of Topliss-reactive ketones (excluding diaryl/α,β-unsaturated/α-hetero) is 1. The molecule has 0 amide bonds. The summed E-state index contributed by atoms with van der Waals surface area (Å²) >= 11 is 0. The van der Waals surface area contributed by atoms with Crippen LogP contribution in [0.15, 0.2) is 66.7 Å². The number of benzene rings is 3. The summed E-state index contributed by atoms with van der Waals surface area (Å²) < 4.78 is 0. The van der Waals surface area contributed by atoms with Crippen LogP contribution in [0.1, 0.15) is 31.8 Å². The molecule has 0 atom stereocenters. The molecule has 0 unspecified atom stereocenters. The van der Waals surface area contributed by atoms with E-state index in [0.717, 1.165) is 11.6 Å². The van der Waals surface area contributed by atoms with Gasteiger partial charge in [0.15, 0.2) is 17.3 Å². The van der Waals surface area contributed by atoms with Crippen LogP contribution < -0.4 is 0 Å². The first-order chi connectivity index (χ1) is 17.1. The van der Waals surface area contributed by atoms with Gasteiger partial charge in [-0.15, -0.1) is 0 Å². The van der Waals surface area contributed by atoms with Crippen LogP contribution in [0.25, 0.3) is 38.0 Å². The highest BCUT2D eigenvalue weighted by molar-refractivity contribution is 6.49. The Labute approximate surface area is 202 Å². The molecule has 0 spiro atoms. The van der Waals surface area contributed by atoms with Gasteiger partial charge in [-0.3, -0.25) is 24.2 Å². The van der Waals surface area contributed by atoms with Gasteiger partial charge in [-0.2, -0.15) is 0 Å². The minimum atomic E-state index is -0.736. The zero-order chi connectivity index (χ0) is 27.3. The van der Waals surface area contributed by atoms with Crippen LogP contribution in [0.3, 0.4) is 0 Å². The fourth-order valence-electron chi connectivity index (χ4n) is 2.74. The van der Waals surface area contributed by atoms with Crippen LogP contribution in [-0.4, -0.2) is 37.8 Å². The number of phenols is 4. The van der Waals surface area contributed by atoms with Gasteiger partial charge < -0.3 is 42.6 Å². The maximum absolute atomic E-state index is 12.0. The summed E-state index contributed by atoms with van der Waals surface area (Å²) in [7, 11) is 0. The zero-order valence-corrected chi connectivity index (χ0v) is 18.1. The van der Waals surface area contributed by atoms with Crippen molar-refractivity contribution in [1.82, 2.24) is 0 Å². The number of phenolic OH excluding ortho intramolecular Hbond substituents is 4. The number of ketones is 3. The third kappa shape index (κ3) is 7.39. The lowest BCUT2D eigenvalue weighted by atomic mass is 9.96. The molecule has 13 heteroatoms. The van der Waals surface area contributed by atoms with E-state index in [1.807, 2.05) is 12.1 Å². The molecule has 13 nitrogen and oxygen atoms in total. The van der Waals surface area contributed by atoms with E-state index in [9.17, 15) is 24.6 Å². The standard InChI is InChI=1S/C13H10O5.C10H6O2.2N3/c14-8-3-1-7(2-4-8)11(16)9-5-6-10(15)13(18)12(9)17;11-9-6-5-7-3-1-2-4-8(7)10(9)12;2*1-3-2/h1-6,14-15,17-18H;1-6H;;/q;;2*-1. The molecule has 3 aromatic carbocycles. The minimum absolute atomic E-state index is 0.0179. The molecular weight excluding hydrogens is 472 g/mol. The van der Waals surface area contributed by atoms with E-state index in [1.54, 1.807) is 18.2 Å². The smallest absolute Gasteiger partial charge is 0.233 e. The molecule has 4 rings (SSSR count). The number of rotatable bonds is 2. The van der Waals surface area contributed by atoms with Crippen LogP contribution in [0.5, 0.6) is 23.0 Å². The normalized spacial score (nSPS) is 10.4. The second-order valence-corrected chi connectivity index (χ2v) is 6.50. The van der Waals surface area contributed by atoms with Crippen molar-refractivity contribution >= 4 is 23.4 Å². The van der Waals surface area contributed by atoms with Crippen molar-refractivity contribution in [3.63, 3.8) is 0 Å². The molecule has 0 aromatic heterocycles. The van der Waals surface area contributed by atoms with Gasteiger partial charge in [0.25, 0.3) is 0 Å². The van der Waals surface area contributed by atoms with E-state index in [0.29, 0.717) is 5.56 Å². The first-order valence-corrected chi connectivity index (χ1v) is 9.53. The van der Waals surface area contributed by atoms with Crippen molar-refractivity contribution in [3.05, 3.63) is 121 Å². The van der Waals surface area contributed by atoms with Crippen LogP contribution in [0, 0.1) is 0 Å². The Bertz CT molecular complexity index is 1360. The molecule has 3 aromatic rings. The fourth-order valence-corrected chi connectivity index (χ4v) is 2.74. The summed E-state index contributed by atoms with van der Waals surface area (Å²) in [6, 6.07) is 14.9. The van der Waals surface area contributed by atoms with Gasteiger partial charge in [0.2, 0.25) is 17.3 Å². The average Bonchev–Trinajstić information content (AvgIpc) is 2.87. The number of fused-ring (bicyclic) bond motifs is 1. The lowest BCUT2D eigenvalue weighted by Crippen LogP contribution is -2.15. The van der Waals surface area contributed by atoms with Gasteiger partial charge in [0, 0.05) is 11.1 Å². The Morgan fingerprint density at radius 1 is 0.694 bits per heavy atom. The summed E-state index contributed by atoms with van der Waals surface area (Å²) in [5, 5.41) is 37.2. The number of aromatic hydroxyl groups is 4. The van der Waals surface area contributed by atoms with Crippen molar-refractivity contribution in [1.29, 1.82) is 0 Å². The second kappa shape index (κ2) is 13.7. The SMILES string of the molecule is O=C(c1ccc(O)cc1)c1ccc(O)c(O)c1O.O=C1C=Cc2ccccc2C1=O.[N-]=[N+]=[N-].[N-]=[N+]=[N-]. The summed E-state index contributed by atoms with van der Waals surface area (Å²) in [6.45, 7) is 0. The van der Waals surface area contributed by atoms with E-state index in [-0.39, 0.29) is 16.9 Å². The second-order valence-electron chi connectivity index (χ2n) is 6.50. The van der Waals surface area contributed by atoms with Gasteiger partial charge >= 0.3 is 0 Å². The lowest BCUT2D eigenvalue weighted by Gasteiger charge is -2.06. The van der Waals surface area contributed by atoms with E-state index in [1.165, 1.54) is 46.2 Å². The molecule has 1 aliphatic rings. The van der Waals surface area contributed by atoms with Crippen LogP contribution in [0.4, 0.5) is 0 Å². The predicted molar refractivity (Wildman–Crippen MR) is 128 cm³/mol. The number of carbonyl (C=O) groups is 3. The Morgan fingerprint density at radius 3 is 1.83 bits per heavy atom. The van der Waals surface area contributed by atoms with Crippen molar-refractivity contribution < 1.29 is 34.8 Å². The van der Waals surface area contributed by atoms with Gasteiger partial charge in [-0.25, -0.2) is 0 Å². The third-order valence-corrected chi connectivity index (χ3v) is 4.35. The Hall–Kier alpha value is -5.77.